The third kappa shape index (κ3) is 2.94. The lowest BCUT2D eigenvalue weighted by Crippen LogP contribution is -2.43. The first kappa shape index (κ1) is 17.6. The molecule has 2 saturated heterocycles. The van der Waals surface area contributed by atoms with E-state index < -0.39 is 0 Å². The summed E-state index contributed by atoms with van der Waals surface area (Å²) < 4.78 is 11.2. The molecule has 5 rings (SSSR count). The Morgan fingerprint density at radius 2 is 1.93 bits per heavy atom. The summed E-state index contributed by atoms with van der Waals surface area (Å²) in [6.45, 7) is 7.37. The SMILES string of the molecule is CCc1nc(N)ncc1-c1nc(N2CCOCC2)nc2c1C[C@H]1COCCN21. The Morgan fingerprint density at radius 3 is 2.75 bits per heavy atom. The van der Waals surface area contributed by atoms with E-state index in [2.05, 4.69) is 26.7 Å². The highest BCUT2D eigenvalue weighted by Gasteiger charge is 2.37. The summed E-state index contributed by atoms with van der Waals surface area (Å²) in [5.41, 5.74) is 9.79. The molecule has 0 bridgehead atoms. The molecule has 148 valence electrons. The summed E-state index contributed by atoms with van der Waals surface area (Å²) in [5.74, 6) is 2.08. The van der Waals surface area contributed by atoms with E-state index >= 15 is 0 Å². The van der Waals surface area contributed by atoms with Crippen molar-refractivity contribution in [3.63, 3.8) is 0 Å². The van der Waals surface area contributed by atoms with E-state index in [0.717, 1.165) is 80.0 Å². The van der Waals surface area contributed by atoms with Crippen molar-refractivity contribution < 1.29 is 9.47 Å². The summed E-state index contributed by atoms with van der Waals surface area (Å²) in [7, 11) is 0. The summed E-state index contributed by atoms with van der Waals surface area (Å²) >= 11 is 0. The minimum Gasteiger partial charge on any atom is -0.378 e. The zero-order valence-corrected chi connectivity index (χ0v) is 16.1. The number of rotatable bonds is 3. The van der Waals surface area contributed by atoms with Crippen LogP contribution in [0.4, 0.5) is 17.7 Å². The smallest absolute Gasteiger partial charge is 0.228 e. The molecule has 9 nitrogen and oxygen atoms in total. The van der Waals surface area contributed by atoms with Crippen LogP contribution in [0.25, 0.3) is 11.3 Å². The molecular weight excluding hydrogens is 358 g/mol. The summed E-state index contributed by atoms with van der Waals surface area (Å²) in [5, 5.41) is 0. The van der Waals surface area contributed by atoms with Crippen molar-refractivity contribution in [2.45, 2.75) is 25.8 Å². The first-order chi connectivity index (χ1) is 13.7. The third-order valence-corrected chi connectivity index (χ3v) is 5.68. The Balaban J connectivity index is 1.66. The van der Waals surface area contributed by atoms with E-state index in [1.165, 1.54) is 0 Å². The molecule has 0 amide bonds. The quantitative estimate of drug-likeness (QED) is 0.819. The number of aromatic nitrogens is 4. The van der Waals surface area contributed by atoms with Crippen LogP contribution in [-0.4, -0.2) is 72.0 Å². The molecule has 3 aliphatic rings. The van der Waals surface area contributed by atoms with Gasteiger partial charge in [0.1, 0.15) is 5.82 Å². The van der Waals surface area contributed by atoms with Gasteiger partial charge in [-0.15, -0.1) is 0 Å². The predicted octanol–water partition coefficient (Wildman–Crippen LogP) is 0.676. The Bertz CT molecular complexity index is 885. The van der Waals surface area contributed by atoms with Crippen molar-refractivity contribution in [3.05, 3.63) is 17.5 Å². The van der Waals surface area contributed by atoms with Gasteiger partial charge in [-0.2, -0.15) is 4.98 Å². The maximum absolute atomic E-state index is 5.83. The lowest BCUT2D eigenvalue weighted by molar-refractivity contribution is 0.0974. The van der Waals surface area contributed by atoms with E-state index in [4.69, 9.17) is 25.2 Å². The van der Waals surface area contributed by atoms with Crippen LogP contribution in [0.5, 0.6) is 0 Å². The molecule has 2 fully saturated rings. The van der Waals surface area contributed by atoms with Crippen LogP contribution in [0, 0.1) is 0 Å². The van der Waals surface area contributed by atoms with E-state index in [1.807, 2.05) is 0 Å². The van der Waals surface area contributed by atoms with Crippen LogP contribution in [-0.2, 0) is 22.3 Å². The van der Waals surface area contributed by atoms with E-state index in [9.17, 15) is 0 Å². The van der Waals surface area contributed by atoms with Gasteiger partial charge in [-0.05, 0) is 6.42 Å². The van der Waals surface area contributed by atoms with Gasteiger partial charge in [0.2, 0.25) is 11.9 Å². The number of anilines is 3. The Kier molecular flexibility index (Phi) is 4.48. The van der Waals surface area contributed by atoms with Gasteiger partial charge in [0.25, 0.3) is 0 Å². The molecule has 2 aromatic heterocycles. The largest absolute Gasteiger partial charge is 0.378 e. The van der Waals surface area contributed by atoms with Crippen molar-refractivity contribution >= 4 is 17.7 Å². The van der Waals surface area contributed by atoms with Crippen LogP contribution in [0.3, 0.4) is 0 Å². The Morgan fingerprint density at radius 1 is 1.11 bits per heavy atom. The number of hydrogen-bond donors (Lipinski definition) is 1. The van der Waals surface area contributed by atoms with Gasteiger partial charge in [0, 0.05) is 43.4 Å². The topological polar surface area (TPSA) is 103 Å². The molecular formula is C19H25N7O2. The second kappa shape index (κ2) is 7.14. The molecule has 0 saturated carbocycles. The molecule has 0 radical (unpaired) electrons. The molecule has 0 spiro atoms. The normalized spacial score (nSPS) is 21.5. The van der Waals surface area contributed by atoms with Gasteiger partial charge in [-0.25, -0.2) is 15.0 Å². The first-order valence-corrected chi connectivity index (χ1v) is 9.94. The van der Waals surface area contributed by atoms with E-state index in [0.29, 0.717) is 25.2 Å². The monoisotopic (exact) mass is 383 g/mol. The number of aryl methyl sites for hydroxylation is 1. The summed E-state index contributed by atoms with van der Waals surface area (Å²) in [6, 6.07) is 0.316. The third-order valence-electron chi connectivity index (χ3n) is 5.68. The standard InChI is InChI=1S/C19H25N7O2/c1-2-15-14(10-21-18(20)22-15)16-13-9-12-11-28-8-5-26(12)17(13)24-19(23-16)25-3-6-27-7-4-25/h10,12H,2-9,11H2,1H3,(H2,20,21,22)/t12-/m0/s1. The number of hydrogen-bond acceptors (Lipinski definition) is 9. The van der Waals surface area contributed by atoms with Crippen molar-refractivity contribution in [1.82, 2.24) is 19.9 Å². The molecule has 0 aliphatic carbocycles. The molecule has 1 atom stereocenters. The predicted molar refractivity (Wildman–Crippen MR) is 106 cm³/mol. The van der Waals surface area contributed by atoms with Crippen molar-refractivity contribution in [2.24, 2.45) is 0 Å². The molecule has 9 heteroatoms. The Labute approximate surface area is 163 Å². The summed E-state index contributed by atoms with van der Waals surface area (Å²) in [6.07, 6.45) is 3.45. The number of nitrogens with zero attached hydrogens (tertiary/aromatic N) is 6. The first-order valence-electron chi connectivity index (χ1n) is 9.94. The lowest BCUT2D eigenvalue weighted by Gasteiger charge is -2.32. The maximum Gasteiger partial charge on any atom is 0.228 e. The molecule has 0 aromatic carbocycles. The molecule has 5 heterocycles. The minimum atomic E-state index is 0.297. The average Bonchev–Trinajstić information content (AvgIpc) is 3.12. The molecule has 2 aromatic rings. The van der Waals surface area contributed by atoms with Gasteiger partial charge >= 0.3 is 0 Å². The van der Waals surface area contributed by atoms with Crippen LogP contribution in [0.2, 0.25) is 0 Å². The van der Waals surface area contributed by atoms with Crippen LogP contribution in [0.1, 0.15) is 18.2 Å². The molecule has 0 unspecified atom stereocenters. The van der Waals surface area contributed by atoms with Crippen LogP contribution in [0.15, 0.2) is 6.20 Å². The maximum atomic E-state index is 5.83. The fourth-order valence-electron chi connectivity index (χ4n) is 4.25. The number of fused-ring (bicyclic) bond motifs is 3. The van der Waals surface area contributed by atoms with E-state index in [-0.39, 0.29) is 0 Å². The average molecular weight is 383 g/mol. The lowest BCUT2D eigenvalue weighted by atomic mass is 10.0. The fraction of sp³-hybridized carbons (Fsp3) is 0.579. The van der Waals surface area contributed by atoms with Crippen LogP contribution >= 0.6 is 0 Å². The van der Waals surface area contributed by atoms with Gasteiger partial charge in [-0.3, -0.25) is 0 Å². The highest BCUT2D eigenvalue weighted by molar-refractivity contribution is 5.75. The zero-order valence-electron chi connectivity index (χ0n) is 16.1. The second-order valence-electron chi connectivity index (χ2n) is 7.34. The highest BCUT2D eigenvalue weighted by Crippen LogP contribution is 2.39. The number of ether oxygens (including phenoxy) is 2. The zero-order chi connectivity index (χ0) is 19.1. The second-order valence-corrected chi connectivity index (χ2v) is 7.34. The minimum absolute atomic E-state index is 0.297. The van der Waals surface area contributed by atoms with E-state index in [1.54, 1.807) is 6.20 Å². The van der Waals surface area contributed by atoms with Gasteiger partial charge in [0.05, 0.1) is 43.9 Å². The number of nitrogens with two attached hydrogens (primary N) is 1. The molecule has 2 N–H and O–H groups in total. The fourth-order valence-corrected chi connectivity index (χ4v) is 4.25. The summed E-state index contributed by atoms with van der Waals surface area (Å²) in [4.78, 5) is 23.3. The highest BCUT2D eigenvalue weighted by atomic mass is 16.5. The molecule has 28 heavy (non-hydrogen) atoms. The number of nitrogen functional groups attached to an aromatic ring is 1. The van der Waals surface area contributed by atoms with Crippen molar-refractivity contribution in [3.8, 4) is 11.3 Å². The Hall–Kier alpha value is -2.52. The number of morpholine rings is 2. The van der Waals surface area contributed by atoms with Crippen molar-refractivity contribution in [2.75, 3.05) is 61.6 Å². The van der Waals surface area contributed by atoms with Gasteiger partial charge in [-0.1, -0.05) is 6.92 Å². The van der Waals surface area contributed by atoms with Gasteiger partial charge < -0.3 is 25.0 Å². The van der Waals surface area contributed by atoms with Crippen LogP contribution < -0.4 is 15.5 Å². The van der Waals surface area contributed by atoms with Crippen molar-refractivity contribution in [1.29, 1.82) is 0 Å². The molecule has 3 aliphatic heterocycles. The van der Waals surface area contributed by atoms with Gasteiger partial charge in [0.15, 0.2) is 0 Å².